The zero-order valence-electron chi connectivity index (χ0n) is 9.91. The number of para-hydroxylation sites is 1. The summed E-state index contributed by atoms with van der Waals surface area (Å²) in [6.07, 6.45) is 2.71. The molecular weight excluding hydrogens is 219 g/mol. The largest absolute Gasteiger partial charge is 0.395 e. The maximum Gasteiger partial charge on any atom is 0.147 e. The van der Waals surface area contributed by atoms with E-state index in [1.807, 2.05) is 19.3 Å². The molecule has 0 unspecified atom stereocenters. The van der Waals surface area contributed by atoms with Gasteiger partial charge in [-0.3, -0.25) is 0 Å². The van der Waals surface area contributed by atoms with Gasteiger partial charge in [0.25, 0.3) is 0 Å². The lowest BCUT2D eigenvalue weighted by atomic mass is 10.1. The van der Waals surface area contributed by atoms with Crippen LogP contribution in [0.4, 0.5) is 4.39 Å². The number of hydrogen-bond donors (Lipinski definition) is 2. The van der Waals surface area contributed by atoms with Crippen molar-refractivity contribution in [3.05, 3.63) is 35.8 Å². The van der Waals surface area contributed by atoms with Crippen LogP contribution in [0, 0.1) is 5.82 Å². The van der Waals surface area contributed by atoms with Gasteiger partial charge < -0.3 is 15.0 Å². The Balaban J connectivity index is 2.12. The van der Waals surface area contributed by atoms with E-state index in [0.717, 1.165) is 23.9 Å². The molecule has 17 heavy (non-hydrogen) atoms. The summed E-state index contributed by atoms with van der Waals surface area (Å²) in [7, 11) is 1.96. The highest BCUT2D eigenvalue weighted by atomic mass is 19.1. The molecule has 1 heterocycles. The number of nitrogens with zero attached hydrogens (tertiary/aromatic N) is 1. The molecule has 0 aliphatic carbocycles. The summed E-state index contributed by atoms with van der Waals surface area (Å²) in [6.45, 7) is 1.68. The maximum absolute atomic E-state index is 13.4. The van der Waals surface area contributed by atoms with Crippen LogP contribution in [0.5, 0.6) is 0 Å². The van der Waals surface area contributed by atoms with Gasteiger partial charge in [0.1, 0.15) is 5.82 Å². The van der Waals surface area contributed by atoms with E-state index in [4.69, 9.17) is 5.11 Å². The number of hydrogen-bond acceptors (Lipinski definition) is 2. The Morgan fingerprint density at radius 2 is 2.18 bits per heavy atom. The normalized spacial score (nSPS) is 11.5. The second kappa shape index (κ2) is 5.29. The van der Waals surface area contributed by atoms with Crippen molar-refractivity contribution in [2.75, 3.05) is 26.7 Å². The van der Waals surface area contributed by atoms with Crippen molar-refractivity contribution in [2.24, 2.45) is 0 Å². The highest BCUT2D eigenvalue weighted by molar-refractivity contribution is 5.83. The number of halogens is 1. The minimum Gasteiger partial charge on any atom is -0.395 e. The van der Waals surface area contributed by atoms with Crippen molar-refractivity contribution >= 4 is 10.9 Å². The van der Waals surface area contributed by atoms with Crippen LogP contribution in [0.1, 0.15) is 5.56 Å². The molecule has 0 atom stereocenters. The first-order valence-corrected chi connectivity index (χ1v) is 5.76. The lowest BCUT2D eigenvalue weighted by molar-refractivity contribution is 0.223. The van der Waals surface area contributed by atoms with Crippen molar-refractivity contribution in [2.45, 2.75) is 6.42 Å². The van der Waals surface area contributed by atoms with Gasteiger partial charge >= 0.3 is 0 Å². The Labute approximate surface area is 99.9 Å². The molecule has 2 N–H and O–H groups in total. The number of likely N-dealkylation sites (N-methyl/N-ethyl adjacent to an activating group) is 1. The lowest BCUT2D eigenvalue weighted by Gasteiger charge is -2.14. The quantitative estimate of drug-likeness (QED) is 0.830. The summed E-state index contributed by atoms with van der Waals surface area (Å²) >= 11 is 0. The standard InChI is InChI=1S/C13H17FN2O/c1-16(7-8-17)6-5-10-9-15-13-11(10)3-2-4-12(13)14/h2-4,9,15,17H,5-8H2,1H3. The second-order valence-corrected chi connectivity index (χ2v) is 4.25. The molecule has 0 amide bonds. The van der Waals surface area contributed by atoms with Crippen molar-refractivity contribution in [3.63, 3.8) is 0 Å². The van der Waals surface area contributed by atoms with Gasteiger partial charge in [-0.2, -0.15) is 0 Å². The molecule has 0 saturated heterocycles. The minimum absolute atomic E-state index is 0.166. The third-order valence-electron chi connectivity index (χ3n) is 2.99. The fourth-order valence-corrected chi connectivity index (χ4v) is 1.98. The molecular formula is C13H17FN2O. The van der Waals surface area contributed by atoms with Gasteiger partial charge in [0, 0.05) is 24.7 Å². The van der Waals surface area contributed by atoms with Crippen molar-refractivity contribution in [3.8, 4) is 0 Å². The maximum atomic E-state index is 13.4. The predicted molar refractivity (Wildman–Crippen MR) is 66.5 cm³/mol. The van der Waals surface area contributed by atoms with Gasteiger partial charge in [-0.25, -0.2) is 4.39 Å². The van der Waals surface area contributed by atoms with Crippen LogP contribution in [0.15, 0.2) is 24.4 Å². The Hall–Kier alpha value is -1.39. The van der Waals surface area contributed by atoms with Crippen LogP contribution < -0.4 is 0 Å². The first kappa shape index (κ1) is 12.1. The summed E-state index contributed by atoms with van der Waals surface area (Å²) in [5, 5.41) is 9.75. The molecule has 0 bridgehead atoms. The Morgan fingerprint density at radius 1 is 1.35 bits per heavy atom. The molecule has 2 rings (SSSR count). The molecule has 1 aromatic carbocycles. The van der Waals surface area contributed by atoms with E-state index in [9.17, 15) is 4.39 Å². The Kier molecular flexibility index (Phi) is 3.76. The summed E-state index contributed by atoms with van der Waals surface area (Å²) in [6, 6.07) is 5.11. The molecule has 92 valence electrons. The molecule has 4 heteroatoms. The highest BCUT2D eigenvalue weighted by Gasteiger charge is 2.07. The van der Waals surface area contributed by atoms with E-state index < -0.39 is 0 Å². The second-order valence-electron chi connectivity index (χ2n) is 4.25. The molecule has 0 fully saturated rings. The Morgan fingerprint density at radius 3 is 2.94 bits per heavy atom. The number of H-pyrrole nitrogens is 1. The monoisotopic (exact) mass is 236 g/mol. The van der Waals surface area contributed by atoms with E-state index in [0.29, 0.717) is 12.1 Å². The first-order chi connectivity index (χ1) is 8.22. The van der Waals surface area contributed by atoms with E-state index in [1.165, 1.54) is 6.07 Å². The number of aromatic amines is 1. The fraction of sp³-hybridized carbons (Fsp3) is 0.385. The van der Waals surface area contributed by atoms with Gasteiger partial charge in [-0.15, -0.1) is 0 Å². The van der Waals surface area contributed by atoms with Crippen molar-refractivity contribution in [1.29, 1.82) is 0 Å². The van der Waals surface area contributed by atoms with Gasteiger partial charge in [-0.05, 0) is 25.1 Å². The molecule has 2 aromatic rings. The number of aromatic nitrogens is 1. The molecule has 0 aliphatic rings. The number of rotatable bonds is 5. The number of aliphatic hydroxyl groups is 1. The molecule has 0 saturated carbocycles. The zero-order valence-corrected chi connectivity index (χ0v) is 9.91. The summed E-state index contributed by atoms with van der Waals surface area (Å²) in [5.41, 5.74) is 1.69. The van der Waals surface area contributed by atoms with E-state index in [1.54, 1.807) is 6.07 Å². The topological polar surface area (TPSA) is 39.3 Å². The number of nitrogens with one attached hydrogen (secondary N) is 1. The third-order valence-corrected chi connectivity index (χ3v) is 2.99. The minimum atomic E-state index is -0.211. The van der Waals surface area contributed by atoms with Gasteiger partial charge in [0.05, 0.1) is 12.1 Å². The van der Waals surface area contributed by atoms with Crippen molar-refractivity contribution in [1.82, 2.24) is 9.88 Å². The van der Waals surface area contributed by atoms with E-state index in [-0.39, 0.29) is 12.4 Å². The fourth-order valence-electron chi connectivity index (χ4n) is 1.98. The molecule has 3 nitrogen and oxygen atoms in total. The lowest BCUT2D eigenvalue weighted by Crippen LogP contribution is -2.24. The van der Waals surface area contributed by atoms with Gasteiger partial charge in [-0.1, -0.05) is 12.1 Å². The Bertz CT molecular complexity index is 495. The summed E-state index contributed by atoms with van der Waals surface area (Å²) in [4.78, 5) is 5.02. The van der Waals surface area contributed by atoms with Crippen molar-refractivity contribution < 1.29 is 9.50 Å². The molecule has 1 aromatic heterocycles. The highest BCUT2D eigenvalue weighted by Crippen LogP contribution is 2.21. The number of benzene rings is 1. The molecule has 0 radical (unpaired) electrons. The summed E-state index contributed by atoms with van der Waals surface area (Å²) in [5.74, 6) is -0.211. The average Bonchev–Trinajstić information content (AvgIpc) is 2.72. The number of fused-ring (bicyclic) bond motifs is 1. The smallest absolute Gasteiger partial charge is 0.147 e. The van der Waals surface area contributed by atoms with Gasteiger partial charge in [0.2, 0.25) is 0 Å². The van der Waals surface area contributed by atoms with Crippen LogP contribution in [-0.4, -0.2) is 41.7 Å². The molecule has 0 aliphatic heterocycles. The van der Waals surface area contributed by atoms with Crippen LogP contribution in [0.25, 0.3) is 10.9 Å². The van der Waals surface area contributed by atoms with E-state index >= 15 is 0 Å². The van der Waals surface area contributed by atoms with Crippen LogP contribution in [-0.2, 0) is 6.42 Å². The number of aliphatic hydroxyl groups excluding tert-OH is 1. The first-order valence-electron chi connectivity index (χ1n) is 5.76. The zero-order chi connectivity index (χ0) is 12.3. The SMILES string of the molecule is CN(CCO)CCc1c[nH]c2c(F)cccc12. The van der Waals surface area contributed by atoms with Crippen LogP contribution >= 0.6 is 0 Å². The third kappa shape index (κ3) is 2.65. The summed E-state index contributed by atoms with van der Waals surface area (Å²) < 4.78 is 13.4. The average molecular weight is 236 g/mol. The van der Waals surface area contributed by atoms with Crippen LogP contribution in [0.2, 0.25) is 0 Å². The molecule has 0 spiro atoms. The van der Waals surface area contributed by atoms with E-state index in [2.05, 4.69) is 9.88 Å². The predicted octanol–water partition coefficient (Wildman–Crippen LogP) is 1.77. The van der Waals surface area contributed by atoms with Gasteiger partial charge in [0.15, 0.2) is 0 Å². The van der Waals surface area contributed by atoms with Crippen LogP contribution in [0.3, 0.4) is 0 Å².